The highest BCUT2D eigenvalue weighted by molar-refractivity contribution is 5.25. The van der Waals surface area contributed by atoms with Gasteiger partial charge in [0, 0.05) is 18.6 Å². The molecule has 1 aromatic rings. The lowest BCUT2D eigenvalue weighted by molar-refractivity contribution is 0.123. The lowest BCUT2D eigenvalue weighted by atomic mass is 9.86. The Morgan fingerprint density at radius 3 is 2.43 bits per heavy atom. The maximum absolute atomic E-state index is 10.1. The monoisotopic (exact) mass is 290 g/mol. The van der Waals surface area contributed by atoms with Crippen molar-refractivity contribution in [3.63, 3.8) is 0 Å². The van der Waals surface area contributed by atoms with E-state index in [1.54, 1.807) is 0 Å². The first kappa shape index (κ1) is 16.5. The number of nitrogens with one attached hydrogen (secondary N) is 1. The van der Waals surface area contributed by atoms with Gasteiger partial charge in [-0.05, 0) is 45.2 Å². The van der Waals surface area contributed by atoms with Gasteiger partial charge in [-0.25, -0.2) is 0 Å². The second kappa shape index (κ2) is 7.39. The van der Waals surface area contributed by atoms with E-state index in [4.69, 9.17) is 0 Å². The summed E-state index contributed by atoms with van der Waals surface area (Å²) in [6.45, 7) is 8.80. The summed E-state index contributed by atoms with van der Waals surface area (Å²) in [4.78, 5) is 2.55. The highest BCUT2D eigenvalue weighted by atomic mass is 16.3. The summed E-state index contributed by atoms with van der Waals surface area (Å²) in [5.74, 6) is 0. The predicted octanol–water partition coefficient (Wildman–Crippen LogP) is 2.75. The van der Waals surface area contributed by atoms with Crippen molar-refractivity contribution in [2.75, 3.05) is 19.7 Å². The first-order chi connectivity index (χ1) is 10.1. The minimum atomic E-state index is -0.336. The minimum absolute atomic E-state index is 0.136. The molecule has 1 unspecified atom stereocenters. The Labute approximate surface area is 129 Å². The van der Waals surface area contributed by atoms with E-state index in [-0.39, 0.29) is 12.1 Å². The molecule has 3 nitrogen and oxygen atoms in total. The van der Waals surface area contributed by atoms with Crippen LogP contribution < -0.4 is 5.32 Å². The third kappa shape index (κ3) is 4.29. The molecule has 0 heterocycles. The van der Waals surface area contributed by atoms with Gasteiger partial charge in [-0.15, -0.1) is 0 Å². The standard InChI is InChI=1S/C18H30N2O/c1-4-20(17-10-11-17)13-12-18(14-21,19-15(2)3)16-8-6-5-7-9-16/h5-9,15,17,19,21H,4,10-14H2,1-3H3. The van der Waals surface area contributed by atoms with Crippen molar-refractivity contribution in [3.8, 4) is 0 Å². The molecule has 0 radical (unpaired) electrons. The molecular formula is C18H30N2O. The van der Waals surface area contributed by atoms with Gasteiger partial charge in [-0.3, -0.25) is 0 Å². The summed E-state index contributed by atoms with van der Waals surface area (Å²) in [5.41, 5.74) is 0.852. The van der Waals surface area contributed by atoms with Crippen LogP contribution in [0, 0.1) is 0 Å². The van der Waals surface area contributed by atoms with Gasteiger partial charge in [0.1, 0.15) is 0 Å². The molecule has 0 aliphatic heterocycles. The summed E-state index contributed by atoms with van der Waals surface area (Å²) in [6, 6.07) is 11.5. The van der Waals surface area contributed by atoms with Gasteiger partial charge in [-0.2, -0.15) is 0 Å². The van der Waals surface area contributed by atoms with Crippen LogP contribution in [0.15, 0.2) is 30.3 Å². The zero-order valence-corrected chi connectivity index (χ0v) is 13.7. The largest absolute Gasteiger partial charge is 0.394 e. The van der Waals surface area contributed by atoms with E-state index in [2.05, 4.69) is 55.3 Å². The van der Waals surface area contributed by atoms with E-state index in [1.165, 1.54) is 18.4 Å². The molecule has 0 bridgehead atoms. The molecule has 0 saturated heterocycles. The molecular weight excluding hydrogens is 260 g/mol. The van der Waals surface area contributed by atoms with Crippen molar-refractivity contribution >= 4 is 0 Å². The van der Waals surface area contributed by atoms with Gasteiger partial charge in [0.15, 0.2) is 0 Å². The molecule has 1 saturated carbocycles. The van der Waals surface area contributed by atoms with Crippen LogP contribution in [0.2, 0.25) is 0 Å². The normalized spacial score (nSPS) is 18.2. The van der Waals surface area contributed by atoms with Crippen LogP contribution in [-0.2, 0) is 5.54 Å². The van der Waals surface area contributed by atoms with Crippen molar-refractivity contribution in [2.24, 2.45) is 0 Å². The minimum Gasteiger partial charge on any atom is -0.394 e. The molecule has 0 amide bonds. The van der Waals surface area contributed by atoms with E-state index in [0.29, 0.717) is 6.04 Å². The van der Waals surface area contributed by atoms with Crippen LogP contribution in [0.3, 0.4) is 0 Å². The number of benzene rings is 1. The van der Waals surface area contributed by atoms with Crippen LogP contribution >= 0.6 is 0 Å². The van der Waals surface area contributed by atoms with Crippen LogP contribution in [0.4, 0.5) is 0 Å². The van der Waals surface area contributed by atoms with Gasteiger partial charge >= 0.3 is 0 Å². The summed E-state index contributed by atoms with van der Waals surface area (Å²) in [5, 5.41) is 13.8. The van der Waals surface area contributed by atoms with E-state index in [1.807, 2.05) is 6.07 Å². The van der Waals surface area contributed by atoms with E-state index in [0.717, 1.165) is 25.6 Å². The maximum Gasteiger partial charge on any atom is 0.0683 e. The van der Waals surface area contributed by atoms with Crippen molar-refractivity contribution in [2.45, 2.75) is 57.7 Å². The van der Waals surface area contributed by atoms with Crippen LogP contribution in [-0.4, -0.2) is 41.8 Å². The average Bonchev–Trinajstić information content (AvgIpc) is 3.32. The molecule has 0 spiro atoms. The predicted molar refractivity (Wildman–Crippen MR) is 88.4 cm³/mol. The Morgan fingerprint density at radius 1 is 1.29 bits per heavy atom. The zero-order valence-electron chi connectivity index (χ0n) is 13.7. The van der Waals surface area contributed by atoms with Gasteiger partial charge < -0.3 is 15.3 Å². The van der Waals surface area contributed by atoms with Crippen molar-refractivity contribution in [3.05, 3.63) is 35.9 Å². The second-order valence-corrected chi connectivity index (χ2v) is 6.52. The Balaban J connectivity index is 2.14. The van der Waals surface area contributed by atoms with Gasteiger partial charge in [0.25, 0.3) is 0 Å². The van der Waals surface area contributed by atoms with Gasteiger partial charge in [0.05, 0.1) is 12.1 Å². The summed E-state index contributed by atoms with van der Waals surface area (Å²) >= 11 is 0. The fourth-order valence-corrected chi connectivity index (χ4v) is 3.20. The number of aliphatic hydroxyl groups excluding tert-OH is 1. The highest BCUT2D eigenvalue weighted by Gasteiger charge is 2.34. The third-order valence-corrected chi connectivity index (χ3v) is 4.46. The summed E-state index contributed by atoms with van der Waals surface area (Å²) in [7, 11) is 0. The van der Waals surface area contributed by atoms with Crippen molar-refractivity contribution in [1.82, 2.24) is 10.2 Å². The molecule has 2 rings (SSSR count). The number of aliphatic hydroxyl groups is 1. The highest BCUT2D eigenvalue weighted by Crippen LogP contribution is 2.30. The van der Waals surface area contributed by atoms with E-state index >= 15 is 0 Å². The fraction of sp³-hybridized carbons (Fsp3) is 0.667. The summed E-state index contributed by atoms with van der Waals surface area (Å²) in [6.07, 6.45) is 3.61. The van der Waals surface area contributed by atoms with Gasteiger partial charge in [-0.1, -0.05) is 37.3 Å². The van der Waals surface area contributed by atoms with Crippen LogP contribution in [0.5, 0.6) is 0 Å². The van der Waals surface area contributed by atoms with E-state index < -0.39 is 0 Å². The first-order valence-electron chi connectivity index (χ1n) is 8.29. The topological polar surface area (TPSA) is 35.5 Å². The number of nitrogens with zero attached hydrogens (tertiary/aromatic N) is 1. The Hall–Kier alpha value is -0.900. The lowest BCUT2D eigenvalue weighted by Crippen LogP contribution is -2.50. The molecule has 21 heavy (non-hydrogen) atoms. The van der Waals surface area contributed by atoms with Crippen molar-refractivity contribution in [1.29, 1.82) is 0 Å². The van der Waals surface area contributed by atoms with E-state index in [9.17, 15) is 5.11 Å². The van der Waals surface area contributed by atoms with Crippen molar-refractivity contribution < 1.29 is 5.11 Å². The quantitative estimate of drug-likeness (QED) is 0.734. The molecule has 1 atom stereocenters. The molecule has 118 valence electrons. The maximum atomic E-state index is 10.1. The Morgan fingerprint density at radius 2 is 1.95 bits per heavy atom. The molecule has 2 N–H and O–H groups in total. The Bertz CT molecular complexity index is 416. The second-order valence-electron chi connectivity index (χ2n) is 6.52. The number of rotatable bonds is 9. The molecule has 1 aliphatic rings. The first-order valence-corrected chi connectivity index (χ1v) is 8.29. The summed E-state index contributed by atoms with van der Waals surface area (Å²) < 4.78 is 0. The smallest absolute Gasteiger partial charge is 0.0683 e. The fourth-order valence-electron chi connectivity index (χ4n) is 3.20. The van der Waals surface area contributed by atoms with Gasteiger partial charge in [0.2, 0.25) is 0 Å². The molecule has 1 aliphatic carbocycles. The van der Waals surface area contributed by atoms with Crippen LogP contribution in [0.25, 0.3) is 0 Å². The molecule has 0 aromatic heterocycles. The zero-order chi connectivity index (χ0) is 15.3. The average molecular weight is 290 g/mol. The molecule has 1 aromatic carbocycles. The number of hydrogen-bond donors (Lipinski definition) is 2. The van der Waals surface area contributed by atoms with Crippen LogP contribution in [0.1, 0.15) is 45.6 Å². The Kier molecular flexibility index (Phi) is 5.80. The molecule has 1 fully saturated rings. The third-order valence-electron chi connectivity index (χ3n) is 4.46. The molecule has 3 heteroatoms. The number of hydrogen-bond acceptors (Lipinski definition) is 3. The SMILES string of the molecule is CCN(CCC(CO)(NC(C)C)c1ccccc1)C1CC1. The lowest BCUT2D eigenvalue weighted by Gasteiger charge is -2.37.